The predicted molar refractivity (Wildman–Crippen MR) is 153 cm³/mol. The summed E-state index contributed by atoms with van der Waals surface area (Å²) in [5.74, 6) is -6.09. The fourth-order valence-electron chi connectivity index (χ4n) is 6.91. The van der Waals surface area contributed by atoms with Gasteiger partial charge >= 0.3 is 0 Å². The fraction of sp³-hybridized carbons (Fsp3) is 0.552. The van der Waals surface area contributed by atoms with Gasteiger partial charge in [-0.25, -0.2) is 0 Å². The lowest BCUT2D eigenvalue weighted by molar-refractivity contribution is -0.150. The summed E-state index contributed by atoms with van der Waals surface area (Å²) >= 11 is 0. The molecule has 7 N–H and O–H groups in total. The first-order valence-electron chi connectivity index (χ1n) is 13.6. The van der Waals surface area contributed by atoms with Crippen LogP contribution in [-0.2, 0) is 16.0 Å². The van der Waals surface area contributed by atoms with Crippen LogP contribution in [0.2, 0.25) is 0 Å². The summed E-state index contributed by atoms with van der Waals surface area (Å²) in [4.78, 5) is 45.6. The van der Waals surface area contributed by atoms with E-state index in [1.165, 1.54) is 6.07 Å². The Labute approximate surface area is 239 Å². The largest absolute Gasteiger partial charge is 0.510 e. The number of nitrogens with one attached hydrogen (secondary N) is 1. The summed E-state index contributed by atoms with van der Waals surface area (Å²) in [5, 5.41) is 49.1. The van der Waals surface area contributed by atoms with E-state index in [1.54, 1.807) is 25.1 Å². The van der Waals surface area contributed by atoms with Crippen LogP contribution in [0.15, 0.2) is 34.8 Å². The van der Waals surface area contributed by atoms with E-state index >= 15 is 0 Å². The third-order valence-electron chi connectivity index (χ3n) is 8.71. The number of amides is 1. The number of likely N-dealkylation sites (N-methyl/N-ethyl adjacent to an activating group) is 1. The maximum absolute atomic E-state index is 14.2. The van der Waals surface area contributed by atoms with Crippen LogP contribution in [0.5, 0.6) is 5.75 Å². The highest BCUT2D eigenvalue weighted by Gasteiger charge is 2.66. The number of nitrogens with two attached hydrogens (primary N) is 1. The van der Waals surface area contributed by atoms with Crippen molar-refractivity contribution in [3.8, 4) is 5.75 Å². The summed E-state index contributed by atoms with van der Waals surface area (Å²) < 4.78 is 0. The minimum Gasteiger partial charge on any atom is -0.510 e. The number of carbonyl (C=O) groups excluding carboxylic acids is 3. The highest BCUT2D eigenvalue weighted by molar-refractivity contribution is 6.25. The Morgan fingerprint density at radius 3 is 2.32 bits per heavy atom. The number of ketones is 2. The summed E-state index contributed by atoms with van der Waals surface area (Å²) in [5.41, 5.74) is 1.90. The maximum atomic E-state index is 14.2. The number of aromatic hydroxyl groups is 1. The normalized spacial score (nSPS) is 27.7. The second kappa shape index (κ2) is 10.8. The van der Waals surface area contributed by atoms with E-state index in [0.717, 1.165) is 13.0 Å². The lowest BCUT2D eigenvalue weighted by Gasteiger charge is -2.54. The van der Waals surface area contributed by atoms with Crippen molar-refractivity contribution in [3.05, 3.63) is 45.9 Å². The van der Waals surface area contributed by atoms with E-state index in [-0.39, 0.29) is 36.3 Å². The molecule has 0 fully saturated rings. The van der Waals surface area contributed by atoms with Crippen molar-refractivity contribution in [2.24, 2.45) is 17.1 Å². The van der Waals surface area contributed by atoms with E-state index in [1.807, 2.05) is 38.0 Å². The molecule has 0 unspecified atom stereocenters. The third kappa shape index (κ3) is 4.68. The van der Waals surface area contributed by atoms with Crippen LogP contribution >= 0.6 is 0 Å². The number of anilines is 1. The van der Waals surface area contributed by atoms with Crippen LogP contribution in [0.4, 0.5) is 5.69 Å². The molecule has 0 bridgehead atoms. The number of fused-ring (bicyclic) bond motifs is 3. The van der Waals surface area contributed by atoms with Gasteiger partial charge in [-0.1, -0.05) is 0 Å². The molecule has 224 valence electrons. The highest BCUT2D eigenvalue weighted by atomic mass is 16.3. The molecule has 12 heteroatoms. The van der Waals surface area contributed by atoms with Crippen molar-refractivity contribution < 1.29 is 34.8 Å². The molecule has 0 radical (unpaired) electrons. The van der Waals surface area contributed by atoms with E-state index in [0.29, 0.717) is 17.8 Å². The van der Waals surface area contributed by atoms with Crippen LogP contribution in [0.1, 0.15) is 28.8 Å². The lowest BCUT2D eigenvalue weighted by atomic mass is 9.52. The van der Waals surface area contributed by atoms with Crippen molar-refractivity contribution in [1.29, 1.82) is 0 Å². The zero-order valence-corrected chi connectivity index (χ0v) is 24.5. The molecule has 1 amide bonds. The highest BCUT2D eigenvalue weighted by Crippen LogP contribution is 2.58. The molecule has 3 aliphatic rings. The molecule has 0 heterocycles. The van der Waals surface area contributed by atoms with Crippen molar-refractivity contribution in [3.63, 3.8) is 0 Å². The van der Waals surface area contributed by atoms with E-state index in [9.17, 15) is 34.8 Å². The number of aliphatic hydroxyl groups excluding tert-OH is 2. The van der Waals surface area contributed by atoms with Gasteiger partial charge in [-0.2, -0.15) is 0 Å². The molecular weight excluding hydrogens is 530 g/mol. The summed E-state index contributed by atoms with van der Waals surface area (Å²) in [6, 6.07) is 2.05. The maximum Gasteiger partial charge on any atom is 0.255 e. The Morgan fingerprint density at radius 1 is 1.10 bits per heavy atom. The molecule has 0 aliphatic heterocycles. The van der Waals surface area contributed by atoms with E-state index in [2.05, 4.69) is 5.32 Å². The molecule has 3 aliphatic carbocycles. The molecule has 12 nitrogen and oxygen atoms in total. The van der Waals surface area contributed by atoms with Gasteiger partial charge in [0.2, 0.25) is 5.78 Å². The first-order valence-corrected chi connectivity index (χ1v) is 13.6. The molecule has 4 rings (SSSR count). The number of phenolic OH excluding ortho intramolecular Hbond substituents is 1. The van der Waals surface area contributed by atoms with Gasteiger partial charge in [-0.15, -0.1) is 0 Å². The smallest absolute Gasteiger partial charge is 0.255 e. The number of carbonyl (C=O) groups is 3. The van der Waals surface area contributed by atoms with E-state index < -0.39 is 57.5 Å². The van der Waals surface area contributed by atoms with Crippen LogP contribution in [0.3, 0.4) is 0 Å². The molecule has 1 aromatic rings. The third-order valence-corrected chi connectivity index (χ3v) is 8.71. The van der Waals surface area contributed by atoms with Gasteiger partial charge in [0.05, 0.1) is 11.6 Å². The predicted octanol–water partition coefficient (Wildman–Crippen LogP) is 0.0981. The summed E-state index contributed by atoms with van der Waals surface area (Å²) in [6.07, 6.45) is 1.01. The number of hydrogen-bond donors (Lipinski definition) is 6. The number of primary amides is 1. The van der Waals surface area contributed by atoms with Gasteiger partial charge < -0.3 is 41.3 Å². The first-order chi connectivity index (χ1) is 19.1. The Kier molecular flexibility index (Phi) is 8.00. The monoisotopic (exact) mass is 571 g/mol. The van der Waals surface area contributed by atoms with Gasteiger partial charge in [0.15, 0.2) is 11.4 Å². The van der Waals surface area contributed by atoms with Crippen molar-refractivity contribution >= 4 is 23.2 Å². The van der Waals surface area contributed by atoms with Gasteiger partial charge in [-0.05, 0) is 78.2 Å². The number of aliphatic hydroxyl groups is 3. The Balaban J connectivity index is 1.97. The van der Waals surface area contributed by atoms with Crippen molar-refractivity contribution in [2.45, 2.75) is 30.9 Å². The zero-order valence-electron chi connectivity index (χ0n) is 24.5. The minimum absolute atomic E-state index is 0.00195. The zero-order chi connectivity index (χ0) is 30.6. The number of benzene rings is 1. The topological polar surface area (TPSA) is 180 Å². The van der Waals surface area contributed by atoms with Crippen LogP contribution in [0, 0.1) is 11.3 Å². The van der Waals surface area contributed by atoms with E-state index in [4.69, 9.17) is 5.73 Å². The number of Topliss-reactive ketones (excluding diaryl/α,β-unsaturated/α-hetero) is 2. The van der Waals surface area contributed by atoms with Crippen LogP contribution in [-0.4, -0.2) is 121 Å². The summed E-state index contributed by atoms with van der Waals surface area (Å²) in [7, 11) is 10.8. The van der Waals surface area contributed by atoms with Crippen LogP contribution < -0.4 is 16.0 Å². The van der Waals surface area contributed by atoms with Crippen LogP contribution in [0.25, 0.3) is 0 Å². The average Bonchev–Trinajstić information content (AvgIpc) is 2.85. The molecule has 0 saturated carbocycles. The molecule has 41 heavy (non-hydrogen) atoms. The standard InChI is InChI=1S/C29H41N5O7/c1-32(2)11-7-10-31-14-28-12-15-17(33(3)4)8-9-18(35)19(15)23(36)21(28)26(39)29(41)16(13-28)22(34(5)6)24(37)20(25(29)38)27(30)40/h8-9,16,22,31,35,37,39,41H,7,10-14H2,1-6H3,(H2,30,40)/t16-,22-,28-,29+/m0/s1. The fourth-order valence-corrected chi connectivity index (χ4v) is 6.91. The number of hydrogen-bond acceptors (Lipinski definition) is 11. The molecule has 1 aromatic carbocycles. The molecule has 0 spiro atoms. The second-order valence-electron chi connectivity index (χ2n) is 12.1. The molecular formula is C29H41N5O7. The lowest BCUT2D eigenvalue weighted by Crippen LogP contribution is -2.66. The first kappa shape index (κ1) is 30.5. The number of phenols is 1. The Bertz CT molecular complexity index is 1350. The molecule has 0 aromatic heterocycles. The minimum atomic E-state index is -2.70. The van der Waals surface area contributed by atoms with Gasteiger partial charge in [-0.3, -0.25) is 19.3 Å². The SMILES string of the molecule is CN(C)CCCNC[C@@]12Cc3c(N(C)C)ccc(O)c3C(=O)C1=C(O)[C@]1(O)C(=O)C(C(N)=O)=C(O)[C@@H](N(C)C)[C@@H]1C2. The average molecular weight is 572 g/mol. The quantitative estimate of drug-likeness (QED) is 0.175. The second-order valence-corrected chi connectivity index (χ2v) is 12.1. The van der Waals surface area contributed by atoms with Gasteiger partial charge in [0, 0.05) is 43.2 Å². The summed E-state index contributed by atoms with van der Waals surface area (Å²) in [6.45, 7) is 1.63. The Morgan fingerprint density at radius 2 is 1.76 bits per heavy atom. The van der Waals surface area contributed by atoms with Crippen molar-refractivity contribution in [1.82, 2.24) is 15.1 Å². The number of rotatable bonds is 9. The molecule has 0 saturated heterocycles. The van der Waals surface area contributed by atoms with Gasteiger partial charge in [0.25, 0.3) is 5.91 Å². The molecule has 4 atom stereocenters. The van der Waals surface area contributed by atoms with Crippen molar-refractivity contribution in [2.75, 3.05) is 66.8 Å². The Hall–Kier alpha value is -3.45. The van der Waals surface area contributed by atoms with Gasteiger partial charge in [0.1, 0.15) is 22.8 Å². The number of nitrogens with zero attached hydrogens (tertiary/aromatic N) is 3.